The zero-order valence-electron chi connectivity index (χ0n) is 12.4. The maximum absolute atomic E-state index is 12.2. The molecule has 0 unspecified atom stereocenters. The van der Waals surface area contributed by atoms with Crippen LogP contribution in [0.3, 0.4) is 0 Å². The first-order chi connectivity index (χ1) is 10.5. The summed E-state index contributed by atoms with van der Waals surface area (Å²) in [6.07, 6.45) is 0. The number of ether oxygens (including phenoxy) is 1. The first-order valence-electron chi connectivity index (χ1n) is 6.79. The van der Waals surface area contributed by atoms with E-state index in [4.69, 9.17) is 9.84 Å². The van der Waals surface area contributed by atoms with Crippen molar-refractivity contribution < 1.29 is 19.4 Å². The quantitative estimate of drug-likeness (QED) is 0.890. The van der Waals surface area contributed by atoms with Crippen LogP contribution in [-0.2, 0) is 4.79 Å². The van der Waals surface area contributed by atoms with E-state index in [9.17, 15) is 9.59 Å². The van der Waals surface area contributed by atoms with E-state index in [1.54, 1.807) is 24.3 Å². The molecule has 0 aliphatic carbocycles. The van der Waals surface area contributed by atoms with Gasteiger partial charge in [-0.2, -0.15) is 0 Å². The van der Waals surface area contributed by atoms with Gasteiger partial charge in [0.2, 0.25) is 0 Å². The normalized spacial score (nSPS) is 10.1. The van der Waals surface area contributed by atoms with Gasteiger partial charge in [0, 0.05) is 11.3 Å². The lowest BCUT2D eigenvalue weighted by Gasteiger charge is -2.10. The highest BCUT2D eigenvalue weighted by molar-refractivity contribution is 6.04. The number of hydrogen-bond acceptors (Lipinski definition) is 3. The topological polar surface area (TPSA) is 75.6 Å². The summed E-state index contributed by atoms with van der Waals surface area (Å²) in [5, 5.41) is 11.4. The van der Waals surface area contributed by atoms with Crippen molar-refractivity contribution in [1.29, 1.82) is 0 Å². The molecule has 0 radical (unpaired) electrons. The second-order valence-corrected chi connectivity index (χ2v) is 4.91. The minimum Gasteiger partial charge on any atom is -0.482 e. The summed E-state index contributed by atoms with van der Waals surface area (Å²) in [5.74, 6) is -0.860. The minimum atomic E-state index is -1.04. The smallest absolute Gasteiger partial charge is 0.341 e. The molecule has 0 saturated heterocycles. The van der Waals surface area contributed by atoms with E-state index in [0.29, 0.717) is 11.3 Å². The zero-order chi connectivity index (χ0) is 16.1. The standard InChI is InChI=1S/C17H17NO4/c1-11-4-3-5-15(12(11)2)18-17(21)13-6-8-14(9-7-13)22-10-16(19)20/h3-9H,10H2,1-2H3,(H,18,21)(H,19,20). The second-order valence-electron chi connectivity index (χ2n) is 4.91. The molecule has 0 aliphatic heterocycles. The number of nitrogens with one attached hydrogen (secondary N) is 1. The Morgan fingerprint density at radius 1 is 1.09 bits per heavy atom. The van der Waals surface area contributed by atoms with Gasteiger partial charge >= 0.3 is 5.97 Å². The fraction of sp³-hybridized carbons (Fsp3) is 0.176. The third-order valence-corrected chi connectivity index (χ3v) is 3.33. The van der Waals surface area contributed by atoms with Crippen LogP contribution in [0.4, 0.5) is 5.69 Å². The number of carboxylic acids is 1. The summed E-state index contributed by atoms with van der Waals surface area (Å²) >= 11 is 0. The van der Waals surface area contributed by atoms with Gasteiger partial charge in [0.05, 0.1) is 0 Å². The Morgan fingerprint density at radius 3 is 2.41 bits per heavy atom. The van der Waals surface area contributed by atoms with Crippen LogP contribution in [0, 0.1) is 13.8 Å². The van der Waals surface area contributed by atoms with Gasteiger partial charge in [-0.1, -0.05) is 12.1 Å². The van der Waals surface area contributed by atoms with E-state index in [-0.39, 0.29) is 5.91 Å². The Morgan fingerprint density at radius 2 is 1.77 bits per heavy atom. The average molecular weight is 299 g/mol. The van der Waals surface area contributed by atoms with E-state index < -0.39 is 12.6 Å². The first kappa shape index (κ1) is 15.6. The lowest BCUT2D eigenvalue weighted by molar-refractivity contribution is -0.139. The molecule has 0 heterocycles. The number of carboxylic acid groups (broad SMARTS) is 1. The summed E-state index contributed by atoms with van der Waals surface area (Å²) < 4.78 is 5.02. The van der Waals surface area contributed by atoms with Crippen molar-refractivity contribution >= 4 is 17.6 Å². The van der Waals surface area contributed by atoms with Gasteiger partial charge in [0.15, 0.2) is 6.61 Å². The average Bonchev–Trinajstić information content (AvgIpc) is 2.50. The number of benzene rings is 2. The van der Waals surface area contributed by atoms with Crippen molar-refractivity contribution in [3.8, 4) is 5.75 Å². The van der Waals surface area contributed by atoms with Crippen LogP contribution in [0.15, 0.2) is 42.5 Å². The summed E-state index contributed by atoms with van der Waals surface area (Å²) in [7, 11) is 0. The molecule has 2 N–H and O–H groups in total. The summed E-state index contributed by atoms with van der Waals surface area (Å²) in [5.41, 5.74) is 3.38. The number of anilines is 1. The van der Waals surface area contributed by atoms with Crippen molar-refractivity contribution in [2.75, 3.05) is 11.9 Å². The molecule has 0 saturated carbocycles. The van der Waals surface area contributed by atoms with Crippen molar-refractivity contribution in [3.05, 3.63) is 59.2 Å². The van der Waals surface area contributed by atoms with Gasteiger partial charge in [0.25, 0.3) is 5.91 Å². The van der Waals surface area contributed by atoms with Crippen LogP contribution < -0.4 is 10.1 Å². The summed E-state index contributed by atoms with van der Waals surface area (Å²) in [4.78, 5) is 22.6. The van der Waals surface area contributed by atoms with E-state index >= 15 is 0 Å². The predicted molar refractivity (Wildman–Crippen MR) is 83.4 cm³/mol. The fourth-order valence-electron chi connectivity index (χ4n) is 1.93. The maximum Gasteiger partial charge on any atom is 0.341 e. The third kappa shape index (κ3) is 3.85. The summed E-state index contributed by atoms with van der Waals surface area (Å²) in [6, 6.07) is 12.1. The van der Waals surface area contributed by atoms with Crippen molar-refractivity contribution in [3.63, 3.8) is 0 Å². The molecule has 22 heavy (non-hydrogen) atoms. The SMILES string of the molecule is Cc1cccc(NC(=O)c2ccc(OCC(=O)O)cc2)c1C. The third-order valence-electron chi connectivity index (χ3n) is 3.33. The number of hydrogen-bond donors (Lipinski definition) is 2. The Hall–Kier alpha value is -2.82. The monoisotopic (exact) mass is 299 g/mol. The molecule has 2 rings (SSSR count). The van der Waals surface area contributed by atoms with Gasteiger partial charge in [-0.15, -0.1) is 0 Å². The fourth-order valence-corrected chi connectivity index (χ4v) is 1.93. The zero-order valence-corrected chi connectivity index (χ0v) is 12.4. The van der Waals surface area contributed by atoms with Crippen LogP contribution in [0.1, 0.15) is 21.5 Å². The second kappa shape index (κ2) is 6.76. The highest BCUT2D eigenvalue weighted by Crippen LogP contribution is 2.19. The van der Waals surface area contributed by atoms with Gasteiger partial charge in [-0.3, -0.25) is 4.79 Å². The lowest BCUT2D eigenvalue weighted by atomic mass is 10.1. The molecule has 0 aromatic heterocycles. The molecule has 0 fully saturated rings. The largest absolute Gasteiger partial charge is 0.482 e. The number of rotatable bonds is 5. The molecule has 2 aromatic rings. The number of amides is 1. The van der Waals surface area contributed by atoms with Gasteiger partial charge in [-0.05, 0) is 55.3 Å². The van der Waals surface area contributed by atoms with Crippen molar-refractivity contribution in [2.45, 2.75) is 13.8 Å². The highest BCUT2D eigenvalue weighted by atomic mass is 16.5. The Balaban J connectivity index is 2.06. The highest BCUT2D eigenvalue weighted by Gasteiger charge is 2.09. The minimum absolute atomic E-state index is 0.224. The molecule has 0 bridgehead atoms. The Kier molecular flexibility index (Phi) is 4.78. The molecular weight excluding hydrogens is 282 g/mol. The predicted octanol–water partition coefficient (Wildman–Crippen LogP) is 3.02. The summed E-state index contributed by atoms with van der Waals surface area (Å²) in [6.45, 7) is 3.53. The first-order valence-corrected chi connectivity index (χ1v) is 6.79. The van der Waals surface area contributed by atoms with Crippen molar-refractivity contribution in [1.82, 2.24) is 0 Å². The lowest BCUT2D eigenvalue weighted by Crippen LogP contribution is -2.13. The van der Waals surface area contributed by atoms with E-state index in [1.165, 1.54) is 0 Å². The van der Waals surface area contributed by atoms with Crippen LogP contribution in [0.5, 0.6) is 5.75 Å². The molecule has 5 nitrogen and oxygen atoms in total. The Labute approximate surface area is 128 Å². The maximum atomic E-state index is 12.2. The van der Waals surface area contributed by atoms with Crippen LogP contribution in [-0.4, -0.2) is 23.6 Å². The molecule has 0 atom stereocenters. The molecule has 114 valence electrons. The molecule has 0 aliphatic rings. The number of carbonyl (C=O) groups excluding carboxylic acids is 1. The number of aliphatic carboxylic acids is 1. The van der Waals surface area contributed by atoms with E-state index in [1.807, 2.05) is 32.0 Å². The van der Waals surface area contributed by atoms with E-state index in [2.05, 4.69) is 5.32 Å². The Bertz CT molecular complexity index is 692. The molecule has 5 heteroatoms. The number of aryl methyl sites for hydroxylation is 1. The molecule has 2 aromatic carbocycles. The number of carbonyl (C=O) groups is 2. The van der Waals surface area contributed by atoms with Gasteiger partial charge < -0.3 is 15.2 Å². The van der Waals surface area contributed by atoms with Crippen molar-refractivity contribution in [2.24, 2.45) is 0 Å². The van der Waals surface area contributed by atoms with Crippen LogP contribution in [0.2, 0.25) is 0 Å². The molecule has 1 amide bonds. The molecular formula is C17H17NO4. The van der Waals surface area contributed by atoms with Gasteiger partial charge in [-0.25, -0.2) is 4.79 Å². The molecule has 0 spiro atoms. The van der Waals surface area contributed by atoms with E-state index in [0.717, 1.165) is 16.8 Å². The van der Waals surface area contributed by atoms with Crippen LogP contribution >= 0.6 is 0 Å². The van der Waals surface area contributed by atoms with Crippen LogP contribution in [0.25, 0.3) is 0 Å². The van der Waals surface area contributed by atoms with Gasteiger partial charge in [0.1, 0.15) is 5.75 Å².